The molecule has 0 aliphatic rings. The van der Waals surface area contributed by atoms with Gasteiger partial charge in [0.2, 0.25) is 15.9 Å². The average molecular weight is 336 g/mol. The van der Waals surface area contributed by atoms with Gasteiger partial charge in [-0.15, -0.1) is 0 Å². The summed E-state index contributed by atoms with van der Waals surface area (Å²) in [6.45, 7) is -0.570. The highest BCUT2D eigenvalue weighted by Gasteiger charge is 2.16. The molecule has 0 aliphatic heterocycles. The van der Waals surface area contributed by atoms with E-state index in [4.69, 9.17) is 5.73 Å². The maximum Gasteiger partial charge on any atom is 0.241 e. The molecule has 0 radical (unpaired) electrons. The summed E-state index contributed by atoms with van der Waals surface area (Å²) in [6, 6.07) is 3.35. The maximum absolute atomic E-state index is 11.7. The number of sulfonamides is 1. The summed E-state index contributed by atoms with van der Waals surface area (Å²) in [6.07, 6.45) is 0. The third kappa shape index (κ3) is 3.52. The fraction of sp³-hybridized carbons (Fsp3) is 0.111. The lowest BCUT2D eigenvalue weighted by Gasteiger charge is -2.09. The summed E-state index contributed by atoms with van der Waals surface area (Å²) in [5, 5.41) is 10.7. The van der Waals surface area contributed by atoms with Crippen LogP contribution < -0.4 is 15.6 Å². The summed E-state index contributed by atoms with van der Waals surface area (Å²) < 4.78 is 25.5. The van der Waals surface area contributed by atoms with Crippen molar-refractivity contribution in [1.82, 2.24) is 4.72 Å². The van der Waals surface area contributed by atoms with Crippen molar-refractivity contribution in [3.05, 3.63) is 28.2 Å². The van der Waals surface area contributed by atoms with Gasteiger partial charge in [0.25, 0.3) is 0 Å². The molecule has 0 spiro atoms. The zero-order chi connectivity index (χ0) is 13.9. The van der Waals surface area contributed by atoms with Gasteiger partial charge in [0.05, 0.1) is 17.4 Å². The van der Waals surface area contributed by atoms with Crippen molar-refractivity contribution in [2.45, 2.75) is 4.90 Å². The number of rotatable bonds is 5. The van der Waals surface area contributed by atoms with Gasteiger partial charge in [-0.05, 0) is 18.2 Å². The Bertz CT molecular complexity index is 599. The van der Waals surface area contributed by atoms with Crippen LogP contribution in [-0.2, 0) is 14.8 Å². The second kappa shape index (κ2) is 5.46. The number of halogens is 1. The Labute approximate surface area is 111 Å². The smallest absolute Gasteiger partial charge is 0.241 e. The minimum absolute atomic E-state index is 0.191. The number of nitrogens with one attached hydrogen (secondary N) is 1. The molecule has 3 N–H and O–H groups in total. The Morgan fingerprint density at radius 2 is 2.00 bits per heavy atom. The molecule has 1 amide bonds. The van der Waals surface area contributed by atoms with E-state index in [1.165, 1.54) is 12.1 Å². The van der Waals surface area contributed by atoms with E-state index in [-0.39, 0.29) is 14.9 Å². The van der Waals surface area contributed by atoms with Crippen LogP contribution in [0.1, 0.15) is 10.4 Å². The summed E-state index contributed by atoms with van der Waals surface area (Å²) in [5.74, 6) is -2.37. The quantitative estimate of drug-likeness (QED) is 0.681. The van der Waals surface area contributed by atoms with Gasteiger partial charge in [-0.2, -0.15) is 0 Å². The van der Waals surface area contributed by atoms with Crippen LogP contribution in [0.5, 0.6) is 0 Å². The number of benzene rings is 1. The highest BCUT2D eigenvalue weighted by atomic mass is 79.9. The highest BCUT2D eigenvalue weighted by molar-refractivity contribution is 9.10. The number of primary amides is 1. The maximum atomic E-state index is 11.7. The molecule has 18 heavy (non-hydrogen) atoms. The number of amides is 1. The first-order valence-electron chi connectivity index (χ1n) is 4.53. The normalized spacial score (nSPS) is 11.2. The first kappa shape index (κ1) is 14.6. The van der Waals surface area contributed by atoms with E-state index in [9.17, 15) is 23.1 Å². The number of carboxylic acids is 1. The van der Waals surface area contributed by atoms with Gasteiger partial charge < -0.3 is 15.6 Å². The number of hydrogen-bond acceptors (Lipinski definition) is 5. The van der Waals surface area contributed by atoms with Gasteiger partial charge in [-0.25, -0.2) is 13.1 Å². The summed E-state index contributed by atoms with van der Waals surface area (Å²) >= 11 is 2.95. The lowest BCUT2D eigenvalue weighted by Crippen LogP contribution is -2.33. The minimum atomic E-state index is -3.99. The molecule has 1 aromatic carbocycles. The summed E-state index contributed by atoms with van der Waals surface area (Å²) in [4.78, 5) is 20.9. The molecule has 1 aromatic rings. The molecule has 98 valence electrons. The molecule has 7 nitrogen and oxygen atoms in total. The van der Waals surface area contributed by atoms with Crippen LogP contribution in [-0.4, -0.2) is 26.8 Å². The van der Waals surface area contributed by atoms with Crippen molar-refractivity contribution < 1.29 is 23.1 Å². The van der Waals surface area contributed by atoms with E-state index in [2.05, 4.69) is 15.9 Å². The van der Waals surface area contributed by atoms with E-state index in [1.807, 2.05) is 4.72 Å². The molecule has 0 heterocycles. The molecule has 0 aromatic heterocycles. The number of carbonyl (C=O) groups excluding carboxylic acids is 2. The Morgan fingerprint density at radius 1 is 1.39 bits per heavy atom. The standard InChI is InChI=1S/C9H9BrN2O5S/c10-7-2-1-5(3-6(7)9(14)15)18(16,17)12-4-8(11)13/h1-3,12H,4H2,(H2,11,13)(H,14,15)/p-1. The third-order valence-electron chi connectivity index (χ3n) is 1.90. The van der Waals surface area contributed by atoms with Crippen molar-refractivity contribution in [1.29, 1.82) is 0 Å². The molecule has 9 heteroatoms. The Hall–Kier alpha value is -1.45. The van der Waals surface area contributed by atoms with Crippen molar-refractivity contribution >= 4 is 37.8 Å². The Balaban J connectivity index is 3.14. The first-order valence-corrected chi connectivity index (χ1v) is 6.80. The summed E-state index contributed by atoms with van der Waals surface area (Å²) in [7, 11) is -3.99. The van der Waals surface area contributed by atoms with Gasteiger partial charge in [0.15, 0.2) is 0 Å². The van der Waals surface area contributed by atoms with E-state index in [0.29, 0.717) is 0 Å². The predicted octanol–water partition coefficient (Wildman–Crippen LogP) is -1.42. The number of carbonyl (C=O) groups is 2. The Kier molecular flexibility index (Phi) is 4.43. The van der Waals surface area contributed by atoms with Gasteiger partial charge in [0.1, 0.15) is 0 Å². The van der Waals surface area contributed by atoms with Crippen LogP contribution in [0.15, 0.2) is 27.6 Å². The molecule has 0 unspecified atom stereocenters. The van der Waals surface area contributed by atoms with Crippen LogP contribution in [0.2, 0.25) is 0 Å². The Morgan fingerprint density at radius 3 is 2.50 bits per heavy atom. The number of nitrogens with two attached hydrogens (primary N) is 1. The molecule has 0 saturated carbocycles. The topological polar surface area (TPSA) is 129 Å². The summed E-state index contributed by atoms with van der Waals surface area (Å²) in [5.41, 5.74) is 4.49. The molecule has 0 atom stereocenters. The van der Waals surface area contributed by atoms with Crippen molar-refractivity contribution in [2.24, 2.45) is 5.73 Å². The number of hydrogen-bond donors (Lipinski definition) is 2. The minimum Gasteiger partial charge on any atom is -0.545 e. The van der Waals surface area contributed by atoms with Gasteiger partial charge >= 0.3 is 0 Å². The largest absolute Gasteiger partial charge is 0.545 e. The fourth-order valence-electron chi connectivity index (χ4n) is 1.08. The van der Waals surface area contributed by atoms with Crippen LogP contribution in [0.25, 0.3) is 0 Å². The van der Waals surface area contributed by atoms with Crippen LogP contribution >= 0.6 is 15.9 Å². The SMILES string of the molecule is NC(=O)CNS(=O)(=O)c1ccc(Br)c(C(=O)[O-])c1. The van der Waals surface area contributed by atoms with E-state index in [0.717, 1.165) is 6.07 Å². The van der Waals surface area contributed by atoms with Crippen molar-refractivity contribution in [2.75, 3.05) is 6.54 Å². The van der Waals surface area contributed by atoms with E-state index >= 15 is 0 Å². The molecule has 0 bridgehead atoms. The molecule has 0 saturated heterocycles. The van der Waals surface area contributed by atoms with Crippen molar-refractivity contribution in [3.63, 3.8) is 0 Å². The highest BCUT2D eigenvalue weighted by Crippen LogP contribution is 2.20. The second-order valence-electron chi connectivity index (χ2n) is 3.22. The van der Waals surface area contributed by atoms with Crippen molar-refractivity contribution in [3.8, 4) is 0 Å². The third-order valence-corrected chi connectivity index (χ3v) is 3.99. The average Bonchev–Trinajstić information content (AvgIpc) is 2.26. The monoisotopic (exact) mass is 335 g/mol. The zero-order valence-electron chi connectivity index (χ0n) is 8.84. The molecule has 0 aliphatic carbocycles. The molecule has 1 rings (SSSR count). The fourth-order valence-corrected chi connectivity index (χ4v) is 2.51. The molecular formula is C9H8BrN2O5S-. The van der Waals surface area contributed by atoms with Crippen LogP contribution in [0.3, 0.4) is 0 Å². The second-order valence-corrected chi connectivity index (χ2v) is 5.84. The van der Waals surface area contributed by atoms with Crippen LogP contribution in [0.4, 0.5) is 0 Å². The molecular weight excluding hydrogens is 328 g/mol. The first-order chi connectivity index (χ1) is 8.24. The van der Waals surface area contributed by atoms with Crippen LogP contribution in [0, 0.1) is 0 Å². The van der Waals surface area contributed by atoms with E-state index < -0.39 is 28.4 Å². The lowest BCUT2D eigenvalue weighted by molar-refractivity contribution is -0.255. The lowest BCUT2D eigenvalue weighted by atomic mass is 10.2. The number of carboxylic acid groups (broad SMARTS) is 1. The number of aromatic carboxylic acids is 1. The van der Waals surface area contributed by atoms with E-state index in [1.54, 1.807) is 0 Å². The van der Waals surface area contributed by atoms with Gasteiger partial charge in [0, 0.05) is 10.0 Å². The van der Waals surface area contributed by atoms with Gasteiger partial charge in [-0.3, -0.25) is 4.79 Å². The van der Waals surface area contributed by atoms with Gasteiger partial charge in [-0.1, -0.05) is 15.9 Å². The zero-order valence-corrected chi connectivity index (χ0v) is 11.2. The molecule has 0 fully saturated rings. The predicted molar refractivity (Wildman–Crippen MR) is 62.9 cm³/mol.